The molecule has 20 heteroatoms. The van der Waals surface area contributed by atoms with Crippen LogP contribution in [0.1, 0.15) is 34.6 Å². The van der Waals surface area contributed by atoms with Crippen molar-refractivity contribution in [1.29, 1.82) is 0 Å². The summed E-state index contributed by atoms with van der Waals surface area (Å²) in [7, 11) is 2.42. The number of nitrogens with zero attached hydrogens (tertiary/aromatic N) is 2. The number of amides is 2. The second-order valence-corrected chi connectivity index (χ2v) is 13.4. The number of pyridine rings is 2. The zero-order valence-electron chi connectivity index (χ0n) is 25.8. The lowest BCUT2D eigenvalue weighted by Crippen LogP contribution is -2.45. The van der Waals surface area contributed by atoms with Crippen LogP contribution in [0.4, 0.5) is 0 Å². The quantitative estimate of drug-likeness (QED) is 0.0228. The van der Waals surface area contributed by atoms with Crippen LogP contribution in [0, 0.1) is 0 Å². The summed E-state index contributed by atoms with van der Waals surface area (Å²) in [6.07, 6.45) is 2.65. The van der Waals surface area contributed by atoms with E-state index in [9.17, 15) is 29.1 Å². The van der Waals surface area contributed by atoms with Gasteiger partial charge in [0.05, 0.1) is 54.4 Å². The van der Waals surface area contributed by atoms with E-state index in [0.717, 1.165) is 11.9 Å². The van der Waals surface area contributed by atoms with Crippen LogP contribution in [0.15, 0.2) is 36.7 Å². The summed E-state index contributed by atoms with van der Waals surface area (Å²) in [5, 5.41) is 15.5. The molecule has 0 aliphatic rings. The highest BCUT2D eigenvalue weighted by atomic mass is 33.1. The van der Waals surface area contributed by atoms with Gasteiger partial charge in [-0.15, -0.1) is 12.6 Å². The van der Waals surface area contributed by atoms with E-state index in [-0.39, 0.29) is 48.2 Å². The van der Waals surface area contributed by atoms with Crippen LogP contribution in [0.3, 0.4) is 0 Å². The highest BCUT2D eigenvalue weighted by Gasteiger charge is 2.25. The Balaban J connectivity index is 2.04. The van der Waals surface area contributed by atoms with Crippen LogP contribution >= 0.6 is 71.2 Å². The number of hydrogen-bond acceptors (Lipinski definition) is 17. The molecule has 2 amide bonds. The number of carbonyl (C=O) groups is 5. The summed E-state index contributed by atoms with van der Waals surface area (Å²) in [5.74, 6) is -1.90. The molecule has 0 fully saturated rings. The lowest BCUT2D eigenvalue weighted by molar-refractivity contribution is -0.145. The fourth-order valence-corrected chi connectivity index (χ4v) is 7.20. The zero-order chi connectivity index (χ0) is 35.5. The highest BCUT2D eigenvalue weighted by Crippen LogP contribution is 2.20. The number of hydrogen-bond donors (Lipinski definition) is 7. The van der Waals surface area contributed by atoms with Crippen LogP contribution < -0.4 is 20.1 Å². The molecule has 0 saturated carbocycles. The van der Waals surface area contributed by atoms with Gasteiger partial charge < -0.3 is 25.2 Å². The van der Waals surface area contributed by atoms with Gasteiger partial charge in [-0.25, -0.2) is 14.3 Å². The normalized spacial score (nSPS) is 13.4. The number of nitrogens with one attached hydrogen (secondary N) is 4. The molecule has 5 N–H and O–H groups in total. The van der Waals surface area contributed by atoms with Gasteiger partial charge in [0.15, 0.2) is 0 Å². The fraction of sp³-hybridized carbons (Fsp3) is 0.429. The molecule has 2 rings (SSSR count). The SMILES string of the molecule is CCOC(=O)C(CSN[C@@H](CS)C(=O)S)NC(=O)c1ccc(-c2ccc(C(=O)NC(CSSN[C@@H](C=S)CO)C(=O)OCC)cn2)nc1. The van der Waals surface area contributed by atoms with Crippen molar-refractivity contribution in [2.75, 3.05) is 37.1 Å². The Kier molecular flexibility index (Phi) is 20.1. The van der Waals surface area contributed by atoms with Gasteiger partial charge in [0.2, 0.25) is 5.12 Å². The molecule has 4 atom stereocenters. The van der Waals surface area contributed by atoms with E-state index in [1.165, 1.54) is 51.7 Å². The largest absolute Gasteiger partial charge is 0.464 e. The number of ether oxygens (including phenoxy) is 2. The molecule has 0 aliphatic heterocycles. The molecule has 2 aromatic rings. The van der Waals surface area contributed by atoms with Gasteiger partial charge >= 0.3 is 11.9 Å². The van der Waals surface area contributed by atoms with Crippen molar-refractivity contribution in [2.24, 2.45) is 0 Å². The minimum absolute atomic E-state index is 0.0696. The van der Waals surface area contributed by atoms with E-state index in [1.54, 1.807) is 26.0 Å². The van der Waals surface area contributed by atoms with E-state index in [4.69, 9.17) is 21.7 Å². The molecule has 2 heterocycles. The Bertz CT molecular complexity index is 1380. The van der Waals surface area contributed by atoms with Gasteiger partial charge in [-0.05, 0) is 54.5 Å². The lowest BCUT2D eigenvalue weighted by atomic mass is 10.1. The number of aliphatic hydroxyl groups excluding tert-OH is 1. The van der Waals surface area contributed by atoms with Gasteiger partial charge in [0.1, 0.15) is 12.1 Å². The standard InChI is InChI=1S/C28H36N6O8S6/c1-3-41-26(38)22(14-46-34-21(13-44)28(40)45)31-24(36)16-5-7-19(29-9-16)20-8-6-17(10-30-20)25(37)32-23(27(39)42-4-2)15-47-48-33-18(11-35)12-43/h5-10,12,18,21-23,33-35,44H,3-4,11,13-15H2,1-2H3,(H,31,36)(H,32,37)(H,40,45)/t18-,21+,22?,23?/m1/s1. The summed E-state index contributed by atoms with van der Waals surface area (Å²) in [5.41, 5.74) is 1.20. The van der Waals surface area contributed by atoms with Gasteiger partial charge in [-0.2, -0.15) is 12.6 Å². The van der Waals surface area contributed by atoms with Crippen molar-refractivity contribution in [1.82, 2.24) is 30.0 Å². The first-order chi connectivity index (χ1) is 23.1. The van der Waals surface area contributed by atoms with Crippen LogP contribution in [0.25, 0.3) is 11.4 Å². The van der Waals surface area contributed by atoms with Crippen LogP contribution in [-0.4, -0.2) is 111 Å². The number of aromatic nitrogens is 2. The first-order valence-corrected chi connectivity index (χ1v) is 19.1. The molecule has 0 radical (unpaired) electrons. The van der Waals surface area contributed by atoms with Crippen LogP contribution in [-0.2, 0) is 23.9 Å². The summed E-state index contributed by atoms with van der Waals surface area (Å²) < 4.78 is 15.9. The summed E-state index contributed by atoms with van der Waals surface area (Å²) in [6, 6.07) is 3.16. The first-order valence-electron chi connectivity index (χ1n) is 14.3. The molecule has 0 bridgehead atoms. The van der Waals surface area contributed by atoms with E-state index in [2.05, 4.69) is 55.3 Å². The van der Waals surface area contributed by atoms with E-state index >= 15 is 0 Å². The molecule has 0 aliphatic carbocycles. The average molecular weight is 777 g/mol. The average Bonchev–Trinajstić information content (AvgIpc) is 3.09. The molecular formula is C28H36N6O8S6. The third kappa shape index (κ3) is 14.2. The number of thiol groups is 2. The monoisotopic (exact) mass is 776 g/mol. The maximum atomic E-state index is 12.9. The maximum Gasteiger partial charge on any atom is 0.329 e. The van der Waals surface area contributed by atoms with Gasteiger partial charge in [-0.3, -0.25) is 29.1 Å². The molecule has 14 nitrogen and oxygen atoms in total. The molecule has 2 unspecified atom stereocenters. The number of rotatable bonds is 22. The first kappa shape index (κ1) is 41.7. The Morgan fingerprint density at radius 1 is 0.875 bits per heavy atom. The predicted octanol–water partition coefficient (Wildman–Crippen LogP) is 1.71. The lowest BCUT2D eigenvalue weighted by Gasteiger charge is -2.18. The Labute approximate surface area is 306 Å². The predicted molar refractivity (Wildman–Crippen MR) is 198 cm³/mol. The number of carbonyl (C=O) groups excluding carboxylic acids is 5. The van der Waals surface area contributed by atoms with E-state index < -0.39 is 53.0 Å². The Morgan fingerprint density at radius 2 is 1.40 bits per heavy atom. The second-order valence-electron chi connectivity index (χ2n) is 9.33. The van der Waals surface area contributed by atoms with Gasteiger partial charge in [0.25, 0.3) is 11.8 Å². The van der Waals surface area contributed by atoms with Crippen molar-refractivity contribution < 1.29 is 38.6 Å². The van der Waals surface area contributed by atoms with E-state index in [1.807, 2.05) is 0 Å². The zero-order valence-corrected chi connectivity index (χ0v) is 30.9. The van der Waals surface area contributed by atoms with Crippen molar-refractivity contribution in [3.8, 4) is 11.4 Å². The molecule has 262 valence electrons. The number of thiocarbonyl (C=S) groups is 1. The minimum Gasteiger partial charge on any atom is -0.464 e. The molecule has 0 spiro atoms. The van der Waals surface area contributed by atoms with Gasteiger partial charge in [0, 0.05) is 29.7 Å². The van der Waals surface area contributed by atoms with Crippen molar-refractivity contribution in [3.05, 3.63) is 47.8 Å². The molecule has 48 heavy (non-hydrogen) atoms. The van der Waals surface area contributed by atoms with Gasteiger partial charge in [-0.1, -0.05) is 35.0 Å². The molecule has 0 aromatic carbocycles. The second kappa shape index (κ2) is 23.1. The summed E-state index contributed by atoms with van der Waals surface area (Å²) in [4.78, 5) is 70.9. The third-order valence-corrected chi connectivity index (χ3v) is 9.87. The topological polar surface area (TPSA) is 198 Å². The van der Waals surface area contributed by atoms with Crippen molar-refractivity contribution in [2.45, 2.75) is 38.0 Å². The van der Waals surface area contributed by atoms with Crippen molar-refractivity contribution in [3.63, 3.8) is 0 Å². The number of esters is 2. The summed E-state index contributed by atoms with van der Waals surface area (Å²) >= 11 is 13.8. The third-order valence-electron chi connectivity index (χ3n) is 5.88. The smallest absolute Gasteiger partial charge is 0.329 e. The molecule has 0 saturated heterocycles. The molecule has 2 aromatic heterocycles. The fourth-order valence-electron chi connectivity index (χ4n) is 3.37. The van der Waals surface area contributed by atoms with Crippen LogP contribution in [0.5, 0.6) is 0 Å². The highest BCUT2D eigenvalue weighted by molar-refractivity contribution is 8.76. The van der Waals surface area contributed by atoms with Crippen molar-refractivity contribution >= 4 is 105 Å². The maximum absolute atomic E-state index is 12.9. The minimum atomic E-state index is -1.02. The Morgan fingerprint density at radius 3 is 1.79 bits per heavy atom. The summed E-state index contributed by atoms with van der Waals surface area (Å²) in [6.45, 7) is 3.39. The van der Waals surface area contributed by atoms with E-state index in [0.29, 0.717) is 11.4 Å². The van der Waals surface area contributed by atoms with Crippen LogP contribution in [0.2, 0.25) is 0 Å². The number of aliphatic hydroxyl groups is 1. The Hall–Kier alpha value is -2.43. The molecular weight excluding hydrogens is 741 g/mol.